The van der Waals surface area contributed by atoms with Crippen molar-refractivity contribution in [2.45, 2.75) is 11.8 Å². The average molecular weight is 379 g/mol. The van der Waals surface area contributed by atoms with Crippen molar-refractivity contribution in [2.75, 3.05) is 0 Å². The number of sulfonamides is 1. The van der Waals surface area contributed by atoms with E-state index in [1.807, 2.05) is 4.72 Å². The maximum absolute atomic E-state index is 12.2. The molecular formula is C14H10Cl3NO3S. The van der Waals surface area contributed by atoms with Gasteiger partial charge in [-0.3, -0.25) is 4.79 Å². The van der Waals surface area contributed by atoms with Crippen molar-refractivity contribution >= 4 is 50.7 Å². The summed E-state index contributed by atoms with van der Waals surface area (Å²) >= 11 is 17.5. The van der Waals surface area contributed by atoms with Gasteiger partial charge in [-0.15, -0.1) is 0 Å². The largest absolute Gasteiger partial charge is 0.268 e. The SMILES string of the molecule is Cc1ccc(S(=O)(=O)NC(=O)c2ccc(Cl)cc2Cl)cc1Cl. The van der Waals surface area contributed by atoms with E-state index in [9.17, 15) is 13.2 Å². The van der Waals surface area contributed by atoms with Gasteiger partial charge in [0.2, 0.25) is 0 Å². The van der Waals surface area contributed by atoms with Crippen molar-refractivity contribution in [3.05, 3.63) is 62.6 Å². The Hall–Kier alpha value is -1.27. The Morgan fingerprint density at radius 1 is 1.00 bits per heavy atom. The van der Waals surface area contributed by atoms with Gasteiger partial charge in [-0.05, 0) is 42.8 Å². The maximum atomic E-state index is 12.2. The summed E-state index contributed by atoms with van der Waals surface area (Å²) < 4.78 is 26.3. The van der Waals surface area contributed by atoms with Gasteiger partial charge >= 0.3 is 0 Å². The van der Waals surface area contributed by atoms with E-state index < -0.39 is 15.9 Å². The lowest BCUT2D eigenvalue weighted by molar-refractivity contribution is 0.0981. The summed E-state index contributed by atoms with van der Waals surface area (Å²) in [5.74, 6) is -0.849. The normalized spacial score (nSPS) is 11.3. The van der Waals surface area contributed by atoms with Crippen molar-refractivity contribution in [2.24, 2.45) is 0 Å². The summed E-state index contributed by atoms with van der Waals surface area (Å²) in [7, 11) is -4.05. The van der Waals surface area contributed by atoms with E-state index in [1.165, 1.54) is 30.3 Å². The summed E-state index contributed by atoms with van der Waals surface area (Å²) in [5.41, 5.74) is 0.737. The van der Waals surface area contributed by atoms with Gasteiger partial charge in [0.1, 0.15) is 0 Å². The number of amides is 1. The van der Waals surface area contributed by atoms with E-state index in [0.29, 0.717) is 10.0 Å². The van der Waals surface area contributed by atoms with Crippen LogP contribution in [0, 0.1) is 6.92 Å². The van der Waals surface area contributed by atoms with Crippen molar-refractivity contribution in [3.63, 3.8) is 0 Å². The number of hydrogen-bond acceptors (Lipinski definition) is 3. The Bertz CT molecular complexity index is 850. The summed E-state index contributed by atoms with van der Waals surface area (Å²) in [6.45, 7) is 1.74. The molecule has 1 N–H and O–H groups in total. The van der Waals surface area contributed by atoms with Crippen LogP contribution in [0.2, 0.25) is 15.1 Å². The first-order valence-corrected chi connectivity index (χ1v) is 8.61. The minimum absolute atomic E-state index is 0.00727. The fraction of sp³-hybridized carbons (Fsp3) is 0.0714. The van der Waals surface area contributed by atoms with Gasteiger partial charge in [0.25, 0.3) is 15.9 Å². The molecule has 0 saturated heterocycles. The van der Waals surface area contributed by atoms with Crippen LogP contribution in [0.5, 0.6) is 0 Å². The van der Waals surface area contributed by atoms with E-state index in [4.69, 9.17) is 34.8 Å². The van der Waals surface area contributed by atoms with Crippen LogP contribution in [-0.4, -0.2) is 14.3 Å². The molecule has 116 valence electrons. The number of benzene rings is 2. The van der Waals surface area contributed by atoms with E-state index in [0.717, 1.165) is 5.56 Å². The topological polar surface area (TPSA) is 63.2 Å². The molecule has 0 fully saturated rings. The molecule has 0 heterocycles. The first-order chi connectivity index (χ1) is 10.2. The van der Waals surface area contributed by atoms with Gasteiger partial charge < -0.3 is 0 Å². The summed E-state index contributed by atoms with van der Waals surface area (Å²) in [5, 5.41) is 0.691. The van der Waals surface area contributed by atoms with Crippen molar-refractivity contribution in [1.29, 1.82) is 0 Å². The quantitative estimate of drug-likeness (QED) is 0.875. The number of nitrogens with one attached hydrogen (secondary N) is 1. The van der Waals surface area contributed by atoms with Crippen LogP contribution in [0.3, 0.4) is 0 Å². The average Bonchev–Trinajstić information content (AvgIpc) is 2.40. The zero-order chi connectivity index (χ0) is 16.5. The number of aryl methyl sites for hydroxylation is 1. The Morgan fingerprint density at radius 2 is 1.68 bits per heavy atom. The van der Waals surface area contributed by atoms with Crippen LogP contribution in [0.15, 0.2) is 41.3 Å². The molecule has 0 aliphatic rings. The van der Waals surface area contributed by atoms with Gasteiger partial charge in [0.05, 0.1) is 15.5 Å². The highest BCUT2D eigenvalue weighted by Crippen LogP contribution is 2.23. The number of carbonyl (C=O) groups excluding carboxylic acids is 1. The van der Waals surface area contributed by atoms with E-state index in [2.05, 4.69) is 0 Å². The molecule has 2 aromatic rings. The van der Waals surface area contributed by atoms with Crippen molar-refractivity contribution < 1.29 is 13.2 Å². The van der Waals surface area contributed by atoms with Crippen LogP contribution < -0.4 is 4.72 Å². The number of rotatable bonds is 3. The van der Waals surface area contributed by atoms with Crippen LogP contribution in [-0.2, 0) is 10.0 Å². The number of hydrogen-bond donors (Lipinski definition) is 1. The van der Waals surface area contributed by atoms with Crippen LogP contribution in [0.25, 0.3) is 0 Å². The molecule has 0 aliphatic heterocycles. The Kier molecular flexibility index (Phi) is 5.02. The van der Waals surface area contributed by atoms with Crippen LogP contribution in [0.1, 0.15) is 15.9 Å². The number of halogens is 3. The summed E-state index contributed by atoms with van der Waals surface area (Å²) in [6.07, 6.45) is 0. The first-order valence-electron chi connectivity index (χ1n) is 5.99. The maximum Gasteiger partial charge on any atom is 0.266 e. The van der Waals surface area contributed by atoms with Crippen LogP contribution >= 0.6 is 34.8 Å². The molecule has 0 atom stereocenters. The van der Waals surface area contributed by atoms with Crippen LogP contribution in [0.4, 0.5) is 0 Å². The molecule has 4 nitrogen and oxygen atoms in total. The molecule has 0 bridgehead atoms. The first kappa shape index (κ1) is 17.1. The zero-order valence-corrected chi connectivity index (χ0v) is 14.3. The van der Waals surface area contributed by atoms with E-state index in [1.54, 1.807) is 13.0 Å². The molecule has 0 spiro atoms. The standard InChI is InChI=1S/C14H10Cl3NO3S/c1-8-2-4-10(7-12(8)16)22(20,21)18-14(19)11-5-3-9(15)6-13(11)17/h2-7H,1H3,(H,18,19). The third-order valence-electron chi connectivity index (χ3n) is 2.86. The molecule has 2 aromatic carbocycles. The number of carbonyl (C=O) groups is 1. The second-order valence-electron chi connectivity index (χ2n) is 4.47. The highest BCUT2D eigenvalue weighted by molar-refractivity contribution is 7.90. The summed E-state index contributed by atoms with van der Waals surface area (Å²) in [4.78, 5) is 12.0. The molecule has 1 amide bonds. The smallest absolute Gasteiger partial charge is 0.266 e. The highest BCUT2D eigenvalue weighted by atomic mass is 35.5. The van der Waals surface area contributed by atoms with Gasteiger partial charge in [-0.1, -0.05) is 40.9 Å². The molecule has 22 heavy (non-hydrogen) atoms. The van der Waals surface area contributed by atoms with E-state index >= 15 is 0 Å². The molecule has 0 radical (unpaired) electrons. The Morgan fingerprint density at radius 3 is 2.27 bits per heavy atom. The molecule has 0 saturated carbocycles. The monoisotopic (exact) mass is 377 g/mol. The Balaban J connectivity index is 2.31. The third-order valence-corrected chi connectivity index (χ3v) is 5.14. The zero-order valence-electron chi connectivity index (χ0n) is 11.2. The fourth-order valence-corrected chi connectivity index (χ4v) is 3.38. The lowest BCUT2D eigenvalue weighted by Crippen LogP contribution is -2.30. The minimum atomic E-state index is -4.05. The van der Waals surface area contributed by atoms with Gasteiger partial charge in [-0.2, -0.15) is 0 Å². The third kappa shape index (κ3) is 3.73. The fourth-order valence-electron chi connectivity index (χ4n) is 1.65. The van der Waals surface area contributed by atoms with Crippen molar-refractivity contribution in [3.8, 4) is 0 Å². The molecule has 2 rings (SSSR count). The van der Waals surface area contributed by atoms with Gasteiger partial charge in [-0.25, -0.2) is 13.1 Å². The minimum Gasteiger partial charge on any atom is -0.268 e. The molecular weight excluding hydrogens is 369 g/mol. The van der Waals surface area contributed by atoms with Gasteiger partial charge in [0.15, 0.2) is 0 Å². The predicted molar refractivity (Wildman–Crippen MR) is 87.3 cm³/mol. The molecule has 0 aliphatic carbocycles. The second-order valence-corrected chi connectivity index (χ2v) is 7.40. The van der Waals surface area contributed by atoms with Crippen molar-refractivity contribution in [1.82, 2.24) is 4.72 Å². The molecule has 0 aromatic heterocycles. The van der Waals surface area contributed by atoms with E-state index in [-0.39, 0.29) is 15.5 Å². The highest BCUT2D eigenvalue weighted by Gasteiger charge is 2.21. The lowest BCUT2D eigenvalue weighted by Gasteiger charge is -2.09. The molecule has 8 heteroatoms. The predicted octanol–water partition coefficient (Wildman–Crippen LogP) is 4.07. The second kappa shape index (κ2) is 6.46. The van der Waals surface area contributed by atoms with Gasteiger partial charge in [0, 0.05) is 10.0 Å². The molecule has 0 unspecified atom stereocenters. The summed E-state index contributed by atoms with van der Waals surface area (Å²) in [6, 6.07) is 8.33. The Labute approximate surface area is 143 Å². The lowest BCUT2D eigenvalue weighted by atomic mass is 10.2.